The molecule has 4 N–H and O–H groups in total. The molecule has 1 unspecified atom stereocenters. The first kappa shape index (κ1) is 31.8. The molecule has 11 heteroatoms. The van der Waals surface area contributed by atoms with Gasteiger partial charge in [0.2, 0.25) is 0 Å². The van der Waals surface area contributed by atoms with Gasteiger partial charge >= 0.3 is 6.09 Å². The van der Waals surface area contributed by atoms with Crippen molar-refractivity contribution in [3.8, 4) is 11.8 Å². The number of sulfone groups is 1. The number of benzene rings is 2. The van der Waals surface area contributed by atoms with Crippen LogP contribution in [0.5, 0.6) is 5.75 Å². The molecule has 0 spiro atoms. The third-order valence-corrected chi connectivity index (χ3v) is 11.3. The molecule has 1 aliphatic carbocycles. The molecule has 1 aliphatic heterocycles. The lowest BCUT2D eigenvalue weighted by Crippen LogP contribution is -2.67. The number of rotatable bonds is 13. The van der Waals surface area contributed by atoms with Gasteiger partial charge in [-0.1, -0.05) is 43.2 Å². The average molecular weight is 600 g/mol. The summed E-state index contributed by atoms with van der Waals surface area (Å²) in [7, 11) is -2.98. The van der Waals surface area contributed by atoms with E-state index in [9.17, 15) is 28.7 Å². The lowest BCUT2D eigenvalue weighted by atomic mass is 9.74. The second-order valence-electron chi connectivity index (χ2n) is 11.6. The maximum absolute atomic E-state index is 14.6. The molecule has 0 bridgehead atoms. The van der Waals surface area contributed by atoms with Crippen molar-refractivity contribution >= 4 is 15.9 Å². The van der Waals surface area contributed by atoms with E-state index in [0.29, 0.717) is 38.0 Å². The highest BCUT2D eigenvalue weighted by atomic mass is 32.2. The van der Waals surface area contributed by atoms with Crippen LogP contribution in [0, 0.1) is 16.7 Å². The van der Waals surface area contributed by atoms with Crippen LogP contribution in [-0.4, -0.2) is 73.0 Å². The molecule has 2 aliphatic rings. The number of ether oxygens (including phenoxy) is 2. The topological polar surface area (TPSA) is 163 Å². The van der Waals surface area contributed by atoms with Crippen LogP contribution in [0.2, 0.25) is 0 Å². The molecule has 42 heavy (non-hydrogen) atoms. The Bertz CT molecular complexity index is 1330. The number of methoxy groups -OCH3 is 1. The fourth-order valence-corrected chi connectivity index (χ4v) is 8.64. The van der Waals surface area contributed by atoms with Crippen molar-refractivity contribution < 1.29 is 32.9 Å². The Balaban J connectivity index is 1.87. The number of hydrogen-bond acceptors (Lipinski definition) is 8. The lowest BCUT2D eigenvalue weighted by molar-refractivity contribution is -0.00651. The van der Waals surface area contributed by atoms with Crippen LogP contribution in [0.4, 0.5) is 4.79 Å². The number of carbonyl (C=O) groups is 1. The Morgan fingerprint density at radius 3 is 2.43 bits per heavy atom. The monoisotopic (exact) mass is 599 g/mol. The quantitative estimate of drug-likeness (QED) is 0.307. The van der Waals surface area contributed by atoms with E-state index in [1.807, 2.05) is 30.3 Å². The van der Waals surface area contributed by atoms with Gasteiger partial charge in [0.1, 0.15) is 11.9 Å². The second kappa shape index (κ2) is 13.4. The fourth-order valence-electron chi connectivity index (χ4n) is 6.73. The van der Waals surface area contributed by atoms with Gasteiger partial charge in [-0.25, -0.2) is 13.2 Å². The van der Waals surface area contributed by atoms with E-state index in [4.69, 9.17) is 15.2 Å². The van der Waals surface area contributed by atoms with Crippen LogP contribution >= 0.6 is 0 Å². The Morgan fingerprint density at radius 2 is 1.88 bits per heavy atom. The van der Waals surface area contributed by atoms with Gasteiger partial charge in [0.25, 0.3) is 0 Å². The Hall–Kier alpha value is -3.17. The van der Waals surface area contributed by atoms with Gasteiger partial charge in [0, 0.05) is 13.0 Å². The molecule has 4 rings (SSSR count). The fraction of sp³-hybridized carbons (Fsp3) is 0.548. The normalized spacial score (nSPS) is 21.1. The summed E-state index contributed by atoms with van der Waals surface area (Å²) in [4.78, 5) is 11.6. The van der Waals surface area contributed by atoms with Crippen LogP contribution in [0.15, 0.2) is 59.5 Å². The molecule has 1 amide bonds. The maximum atomic E-state index is 14.6. The van der Waals surface area contributed by atoms with E-state index in [1.54, 1.807) is 0 Å². The predicted molar refractivity (Wildman–Crippen MR) is 156 cm³/mol. The molecule has 2 aromatic rings. The average Bonchev–Trinajstić information content (AvgIpc) is 3.69. The molecule has 2 aromatic carbocycles. The molecule has 0 radical (unpaired) electrons. The highest BCUT2D eigenvalue weighted by Crippen LogP contribution is 2.50. The van der Waals surface area contributed by atoms with Crippen molar-refractivity contribution in [1.82, 2.24) is 4.90 Å². The molecule has 4 atom stereocenters. The third kappa shape index (κ3) is 6.57. The molecule has 10 nitrogen and oxygen atoms in total. The predicted octanol–water partition coefficient (Wildman–Crippen LogP) is 4.12. The van der Waals surface area contributed by atoms with Gasteiger partial charge in [0.05, 0.1) is 36.8 Å². The van der Waals surface area contributed by atoms with Gasteiger partial charge in [-0.2, -0.15) is 5.26 Å². The van der Waals surface area contributed by atoms with Gasteiger partial charge in [0.15, 0.2) is 14.7 Å². The van der Waals surface area contributed by atoms with E-state index in [-0.39, 0.29) is 30.8 Å². The minimum atomic E-state index is -4.46. The van der Waals surface area contributed by atoms with Crippen molar-refractivity contribution in [2.75, 3.05) is 20.3 Å². The van der Waals surface area contributed by atoms with Crippen molar-refractivity contribution in [3.05, 3.63) is 60.2 Å². The summed E-state index contributed by atoms with van der Waals surface area (Å²) >= 11 is 0. The summed E-state index contributed by atoms with van der Waals surface area (Å²) in [6.07, 6.45) is 0.975. The summed E-state index contributed by atoms with van der Waals surface area (Å²) in [5.41, 5.74) is 7.19. The van der Waals surface area contributed by atoms with Crippen molar-refractivity contribution in [2.24, 2.45) is 11.1 Å². The van der Waals surface area contributed by atoms with E-state index < -0.39 is 44.4 Å². The molecule has 0 aromatic heterocycles. The number of aliphatic hydroxyl groups excluding tert-OH is 1. The summed E-state index contributed by atoms with van der Waals surface area (Å²) in [5, 5.41) is 32.2. The minimum absolute atomic E-state index is 0.0487. The number of aliphatic hydroxyl groups is 1. The Morgan fingerprint density at radius 1 is 1.21 bits per heavy atom. The summed E-state index contributed by atoms with van der Waals surface area (Å²) in [6.45, 7) is 0.497. The summed E-state index contributed by atoms with van der Waals surface area (Å²) in [6, 6.07) is 15.3. The number of nitrogens with two attached hydrogens (primary N) is 1. The largest absolute Gasteiger partial charge is 0.497 e. The zero-order valence-corrected chi connectivity index (χ0v) is 24.8. The number of nitrogens with zero attached hydrogens (tertiary/aromatic N) is 2. The number of hydrogen-bond donors (Lipinski definition) is 3. The van der Waals surface area contributed by atoms with Crippen LogP contribution in [0.3, 0.4) is 0 Å². The van der Waals surface area contributed by atoms with Crippen LogP contribution in [0.25, 0.3) is 0 Å². The standard InChI is InChI=1S/C31H41N3O7S/c1-40-25-10-12-26(13-11-25)42(38,39)31(33,22-30(17-7-18-32)15-5-6-16-30)28(35)27(20-23-8-3-2-4-9-23)34(29(36)37)24-14-19-41-21-24/h2-4,8-13,24,27-28,35H,5-7,14-17,19-22,33H2,1H3,(H,36,37)/t24-,27-,28+,31?/m0/s1. The van der Waals surface area contributed by atoms with Crippen LogP contribution in [-0.2, 0) is 21.0 Å². The van der Waals surface area contributed by atoms with E-state index >= 15 is 0 Å². The van der Waals surface area contributed by atoms with Crippen molar-refractivity contribution in [1.29, 1.82) is 5.26 Å². The third-order valence-electron chi connectivity index (χ3n) is 8.98. The van der Waals surface area contributed by atoms with Crippen molar-refractivity contribution in [2.45, 2.75) is 85.7 Å². The summed E-state index contributed by atoms with van der Waals surface area (Å²) < 4.78 is 39.9. The second-order valence-corrected chi connectivity index (χ2v) is 13.8. The molecule has 1 saturated heterocycles. The lowest BCUT2D eigenvalue weighted by Gasteiger charge is -2.46. The highest BCUT2D eigenvalue weighted by Gasteiger charge is 2.56. The zero-order valence-electron chi connectivity index (χ0n) is 24.0. The van der Waals surface area contributed by atoms with Gasteiger partial charge < -0.3 is 25.4 Å². The maximum Gasteiger partial charge on any atom is 0.407 e. The molecule has 228 valence electrons. The van der Waals surface area contributed by atoms with Gasteiger partial charge in [-0.3, -0.25) is 4.90 Å². The number of carboxylic acid groups (broad SMARTS) is 1. The molecular weight excluding hydrogens is 558 g/mol. The highest BCUT2D eigenvalue weighted by molar-refractivity contribution is 7.92. The zero-order chi connectivity index (χ0) is 30.4. The van der Waals surface area contributed by atoms with E-state index in [0.717, 1.165) is 23.3 Å². The Labute approximate surface area is 248 Å². The molecule has 1 heterocycles. The molecule has 2 fully saturated rings. The van der Waals surface area contributed by atoms with Crippen LogP contribution in [0.1, 0.15) is 56.9 Å². The van der Waals surface area contributed by atoms with E-state index in [1.165, 1.54) is 31.4 Å². The minimum Gasteiger partial charge on any atom is -0.497 e. The van der Waals surface area contributed by atoms with Crippen molar-refractivity contribution in [3.63, 3.8) is 0 Å². The summed E-state index contributed by atoms with van der Waals surface area (Å²) in [5.74, 6) is 0.457. The van der Waals surface area contributed by atoms with E-state index in [2.05, 4.69) is 6.07 Å². The van der Waals surface area contributed by atoms with Crippen LogP contribution < -0.4 is 10.5 Å². The first-order valence-electron chi connectivity index (χ1n) is 14.4. The smallest absolute Gasteiger partial charge is 0.407 e. The molecular formula is C31H41N3O7S. The first-order valence-corrected chi connectivity index (χ1v) is 15.9. The van der Waals surface area contributed by atoms with Gasteiger partial charge in [-0.05, 0) is 73.8 Å². The SMILES string of the molecule is COc1ccc(S(=O)(=O)C(N)(CC2(CCC#N)CCCC2)[C@H](O)[C@H](Cc2ccccc2)N(C(=O)O)[C@H]2CCOC2)cc1. The Kier molecular flexibility index (Phi) is 10.1. The number of nitriles is 1. The number of amides is 1. The van der Waals surface area contributed by atoms with Gasteiger partial charge in [-0.15, -0.1) is 0 Å². The molecule has 1 saturated carbocycles. The first-order chi connectivity index (χ1) is 20.1.